The molecule has 0 fully saturated rings. The monoisotopic (exact) mass is 216 g/mol. The molecule has 0 saturated carbocycles. The second-order valence-electron chi connectivity index (χ2n) is 5.24. The third-order valence-corrected chi connectivity index (χ3v) is 2.94. The van der Waals surface area contributed by atoms with E-state index in [0.29, 0.717) is 6.04 Å². The van der Waals surface area contributed by atoms with Gasteiger partial charge >= 0.3 is 0 Å². The minimum atomic E-state index is 0.250. The standard InChI is InChI=1S/C12H28N2O/c1-11(2)14(8-9-15-5)7-6-12(3,4)10-13/h11H,6-10,13H2,1-5H3. The van der Waals surface area contributed by atoms with Gasteiger partial charge in [-0.15, -0.1) is 0 Å². The van der Waals surface area contributed by atoms with E-state index in [2.05, 4.69) is 32.6 Å². The van der Waals surface area contributed by atoms with Crippen LogP contribution in [-0.4, -0.2) is 44.3 Å². The molecule has 0 saturated heterocycles. The lowest BCUT2D eigenvalue weighted by atomic mass is 9.89. The zero-order chi connectivity index (χ0) is 11.9. The highest BCUT2D eigenvalue weighted by atomic mass is 16.5. The average molecular weight is 216 g/mol. The molecular formula is C12H28N2O. The summed E-state index contributed by atoms with van der Waals surface area (Å²) in [6.45, 7) is 12.6. The second kappa shape index (κ2) is 7.20. The topological polar surface area (TPSA) is 38.5 Å². The number of hydrogen-bond acceptors (Lipinski definition) is 3. The molecule has 0 heterocycles. The largest absolute Gasteiger partial charge is 0.383 e. The fraction of sp³-hybridized carbons (Fsp3) is 1.00. The first-order chi connectivity index (χ1) is 6.93. The van der Waals surface area contributed by atoms with Crippen molar-refractivity contribution in [1.82, 2.24) is 4.90 Å². The van der Waals surface area contributed by atoms with Crippen LogP contribution in [-0.2, 0) is 4.74 Å². The molecule has 0 aliphatic rings. The van der Waals surface area contributed by atoms with Crippen molar-refractivity contribution in [1.29, 1.82) is 0 Å². The van der Waals surface area contributed by atoms with Gasteiger partial charge in [-0.3, -0.25) is 4.90 Å². The number of rotatable bonds is 8. The smallest absolute Gasteiger partial charge is 0.0589 e. The van der Waals surface area contributed by atoms with Gasteiger partial charge in [0, 0.05) is 19.7 Å². The van der Waals surface area contributed by atoms with Crippen molar-refractivity contribution < 1.29 is 4.74 Å². The van der Waals surface area contributed by atoms with Gasteiger partial charge in [-0.05, 0) is 38.8 Å². The number of ether oxygens (including phenoxy) is 1. The SMILES string of the molecule is COCCN(CCC(C)(C)CN)C(C)C. The highest BCUT2D eigenvalue weighted by Gasteiger charge is 2.18. The predicted octanol–water partition coefficient (Wildman–Crippen LogP) is 1.72. The minimum Gasteiger partial charge on any atom is -0.383 e. The van der Waals surface area contributed by atoms with Gasteiger partial charge in [0.05, 0.1) is 6.61 Å². The van der Waals surface area contributed by atoms with Gasteiger partial charge in [-0.25, -0.2) is 0 Å². The van der Waals surface area contributed by atoms with Crippen LogP contribution < -0.4 is 5.73 Å². The van der Waals surface area contributed by atoms with Crippen molar-refractivity contribution >= 4 is 0 Å². The Bertz CT molecular complexity index is 158. The fourth-order valence-electron chi connectivity index (χ4n) is 1.39. The molecule has 92 valence electrons. The maximum Gasteiger partial charge on any atom is 0.0589 e. The van der Waals surface area contributed by atoms with E-state index in [1.165, 1.54) is 0 Å². The van der Waals surface area contributed by atoms with E-state index in [9.17, 15) is 0 Å². The summed E-state index contributed by atoms with van der Waals surface area (Å²) in [4.78, 5) is 2.45. The molecule has 0 bridgehead atoms. The summed E-state index contributed by atoms with van der Waals surface area (Å²) in [7, 11) is 1.75. The quantitative estimate of drug-likeness (QED) is 0.671. The molecule has 3 heteroatoms. The molecular weight excluding hydrogens is 188 g/mol. The van der Waals surface area contributed by atoms with Gasteiger partial charge in [-0.2, -0.15) is 0 Å². The molecule has 0 amide bonds. The minimum absolute atomic E-state index is 0.250. The fourth-order valence-corrected chi connectivity index (χ4v) is 1.39. The Balaban J connectivity index is 3.95. The molecule has 0 spiro atoms. The summed E-state index contributed by atoms with van der Waals surface area (Å²) in [5, 5.41) is 0. The maximum atomic E-state index is 5.73. The van der Waals surface area contributed by atoms with Crippen LogP contribution in [0.1, 0.15) is 34.1 Å². The van der Waals surface area contributed by atoms with E-state index in [1.807, 2.05) is 0 Å². The third kappa shape index (κ3) is 6.88. The van der Waals surface area contributed by atoms with Gasteiger partial charge in [0.15, 0.2) is 0 Å². The number of nitrogens with zero attached hydrogens (tertiary/aromatic N) is 1. The third-order valence-electron chi connectivity index (χ3n) is 2.94. The van der Waals surface area contributed by atoms with Gasteiger partial charge < -0.3 is 10.5 Å². The lowest BCUT2D eigenvalue weighted by molar-refractivity contribution is 0.118. The summed E-state index contributed by atoms with van der Waals surface area (Å²) >= 11 is 0. The molecule has 0 aromatic heterocycles. The van der Waals surface area contributed by atoms with E-state index >= 15 is 0 Å². The molecule has 0 unspecified atom stereocenters. The van der Waals surface area contributed by atoms with E-state index < -0.39 is 0 Å². The summed E-state index contributed by atoms with van der Waals surface area (Å²) in [6, 6.07) is 0.578. The van der Waals surface area contributed by atoms with E-state index in [1.54, 1.807) is 7.11 Å². The number of nitrogens with two attached hydrogens (primary N) is 1. The van der Waals surface area contributed by atoms with Crippen LogP contribution in [0.4, 0.5) is 0 Å². The molecule has 0 aromatic carbocycles. The van der Waals surface area contributed by atoms with Crippen molar-refractivity contribution in [2.45, 2.75) is 40.2 Å². The second-order valence-corrected chi connectivity index (χ2v) is 5.24. The molecule has 0 aliphatic heterocycles. The molecule has 3 nitrogen and oxygen atoms in total. The molecule has 0 rings (SSSR count). The maximum absolute atomic E-state index is 5.73. The van der Waals surface area contributed by atoms with E-state index in [0.717, 1.165) is 32.7 Å². The first-order valence-electron chi connectivity index (χ1n) is 5.86. The summed E-state index contributed by atoms with van der Waals surface area (Å²) in [6.07, 6.45) is 1.14. The normalized spacial score (nSPS) is 12.8. The molecule has 2 N–H and O–H groups in total. The molecule has 0 aliphatic carbocycles. The summed E-state index contributed by atoms with van der Waals surface area (Å²) in [5.41, 5.74) is 5.98. The van der Waals surface area contributed by atoms with Crippen molar-refractivity contribution in [2.24, 2.45) is 11.1 Å². The lowest BCUT2D eigenvalue weighted by Crippen LogP contribution is -2.37. The summed E-state index contributed by atoms with van der Waals surface area (Å²) in [5.74, 6) is 0. The summed E-state index contributed by atoms with van der Waals surface area (Å²) < 4.78 is 5.11. The predicted molar refractivity (Wildman–Crippen MR) is 66.0 cm³/mol. The number of methoxy groups -OCH3 is 1. The van der Waals surface area contributed by atoms with E-state index in [4.69, 9.17) is 10.5 Å². The lowest BCUT2D eigenvalue weighted by Gasteiger charge is -2.30. The Kier molecular flexibility index (Phi) is 7.14. The van der Waals surface area contributed by atoms with Crippen LogP contribution in [0.15, 0.2) is 0 Å². The highest BCUT2D eigenvalue weighted by Crippen LogP contribution is 2.19. The van der Waals surface area contributed by atoms with Crippen LogP contribution >= 0.6 is 0 Å². The van der Waals surface area contributed by atoms with Gasteiger partial charge in [0.2, 0.25) is 0 Å². The molecule has 0 atom stereocenters. The van der Waals surface area contributed by atoms with Crippen molar-refractivity contribution in [3.63, 3.8) is 0 Å². The van der Waals surface area contributed by atoms with Gasteiger partial charge in [-0.1, -0.05) is 13.8 Å². The first kappa shape index (κ1) is 14.9. The van der Waals surface area contributed by atoms with Gasteiger partial charge in [0.1, 0.15) is 0 Å². The average Bonchev–Trinajstić information content (AvgIpc) is 2.17. The van der Waals surface area contributed by atoms with Crippen molar-refractivity contribution in [3.05, 3.63) is 0 Å². The molecule has 15 heavy (non-hydrogen) atoms. The Morgan fingerprint density at radius 3 is 2.27 bits per heavy atom. The number of hydrogen-bond donors (Lipinski definition) is 1. The highest BCUT2D eigenvalue weighted by molar-refractivity contribution is 4.73. The Morgan fingerprint density at radius 1 is 1.27 bits per heavy atom. The molecule has 0 radical (unpaired) electrons. The Morgan fingerprint density at radius 2 is 1.87 bits per heavy atom. The van der Waals surface area contributed by atoms with Crippen LogP contribution in [0.25, 0.3) is 0 Å². The van der Waals surface area contributed by atoms with Crippen molar-refractivity contribution in [2.75, 3.05) is 33.4 Å². The van der Waals surface area contributed by atoms with Crippen LogP contribution in [0.2, 0.25) is 0 Å². The Labute approximate surface area is 95.0 Å². The van der Waals surface area contributed by atoms with Crippen LogP contribution in [0.3, 0.4) is 0 Å². The van der Waals surface area contributed by atoms with Crippen molar-refractivity contribution in [3.8, 4) is 0 Å². The first-order valence-corrected chi connectivity index (χ1v) is 5.86. The Hall–Kier alpha value is -0.120. The van der Waals surface area contributed by atoms with E-state index in [-0.39, 0.29) is 5.41 Å². The van der Waals surface area contributed by atoms with Crippen LogP contribution in [0, 0.1) is 5.41 Å². The molecule has 0 aromatic rings. The zero-order valence-corrected chi connectivity index (χ0v) is 11.0. The zero-order valence-electron chi connectivity index (χ0n) is 11.0. The van der Waals surface area contributed by atoms with Crippen LogP contribution in [0.5, 0.6) is 0 Å². The van der Waals surface area contributed by atoms with Gasteiger partial charge in [0.25, 0.3) is 0 Å².